The molecule has 1 aliphatic rings. The third-order valence-corrected chi connectivity index (χ3v) is 6.03. The van der Waals surface area contributed by atoms with E-state index in [1.165, 1.54) is 7.05 Å². The Kier molecular flexibility index (Phi) is 5.68. The Morgan fingerprint density at radius 1 is 1.07 bits per heavy atom. The van der Waals surface area contributed by atoms with E-state index in [1.807, 2.05) is 43.3 Å². The minimum atomic E-state index is -3.79. The van der Waals surface area contributed by atoms with Crippen molar-refractivity contribution in [2.75, 3.05) is 13.6 Å². The summed E-state index contributed by atoms with van der Waals surface area (Å²) in [6, 6.07) is 16.3. The summed E-state index contributed by atoms with van der Waals surface area (Å²) in [6.07, 6.45) is 3.52. The summed E-state index contributed by atoms with van der Waals surface area (Å²) in [5.74, 6) is 0.351. The first-order valence-electron chi connectivity index (χ1n) is 8.27. The molecule has 0 saturated heterocycles. The molecule has 1 heterocycles. The Balaban J connectivity index is 1.81. The number of sulfonamides is 1. The third kappa shape index (κ3) is 4.40. The molecule has 7 heteroatoms. The fraction of sp³-hybridized carbons (Fsp3) is 0.150. The molecule has 0 radical (unpaired) electrons. The van der Waals surface area contributed by atoms with Crippen molar-refractivity contribution in [3.8, 4) is 0 Å². The van der Waals surface area contributed by atoms with Gasteiger partial charge in [0, 0.05) is 13.1 Å². The lowest BCUT2D eigenvalue weighted by Crippen LogP contribution is -2.31. The van der Waals surface area contributed by atoms with Gasteiger partial charge in [-0.1, -0.05) is 59.6 Å². The summed E-state index contributed by atoms with van der Waals surface area (Å²) in [5.41, 5.74) is 1.95. The number of nitrogens with zero attached hydrogens (tertiary/aromatic N) is 2. The van der Waals surface area contributed by atoms with Crippen LogP contribution in [0.15, 0.2) is 81.5 Å². The maximum Gasteiger partial charge on any atom is 0.266 e. The summed E-state index contributed by atoms with van der Waals surface area (Å²) in [4.78, 5) is 4.39. The van der Waals surface area contributed by atoms with E-state index >= 15 is 0 Å². The van der Waals surface area contributed by atoms with Crippen LogP contribution in [0.4, 0.5) is 0 Å². The van der Waals surface area contributed by atoms with Crippen molar-refractivity contribution in [3.63, 3.8) is 0 Å². The van der Waals surface area contributed by atoms with E-state index < -0.39 is 10.0 Å². The lowest BCUT2D eigenvalue weighted by atomic mass is 10.2. The van der Waals surface area contributed by atoms with Crippen molar-refractivity contribution >= 4 is 33.6 Å². The topological polar surface area (TPSA) is 59.0 Å². The van der Waals surface area contributed by atoms with E-state index in [0.717, 1.165) is 15.4 Å². The van der Waals surface area contributed by atoms with Gasteiger partial charge in [-0.25, -0.2) is 17.7 Å². The van der Waals surface area contributed by atoms with Gasteiger partial charge in [0.15, 0.2) is 0 Å². The summed E-state index contributed by atoms with van der Waals surface area (Å²) >= 11 is 6.20. The highest BCUT2D eigenvalue weighted by atomic mass is 35.5. The van der Waals surface area contributed by atoms with Crippen LogP contribution in [0.25, 0.3) is 6.08 Å². The molecule has 1 aliphatic heterocycles. The molecule has 3 rings (SSSR count). The van der Waals surface area contributed by atoms with E-state index in [-0.39, 0.29) is 22.4 Å². The Labute approximate surface area is 164 Å². The largest absolute Gasteiger partial charge is 0.421 e. The second-order valence-corrected chi connectivity index (χ2v) is 8.42. The van der Waals surface area contributed by atoms with Gasteiger partial charge in [-0.05, 0) is 30.7 Å². The molecule has 140 valence electrons. The first-order valence-corrected chi connectivity index (χ1v) is 10.1. The molecule has 5 nitrogen and oxygen atoms in total. The lowest BCUT2D eigenvalue weighted by molar-refractivity contribution is 0.304. The van der Waals surface area contributed by atoms with Gasteiger partial charge in [0.2, 0.25) is 11.8 Å². The number of halogens is 1. The Morgan fingerprint density at radius 2 is 1.74 bits per heavy atom. The van der Waals surface area contributed by atoms with Gasteiger partial charge in [0.1, 0.15) is 5.03 Å². The van der Waals surface area contributed by atoms with Crippen LogP contribution in [0.2, 0.25) is 0 Å². The smallest absolute Gasteiger partial charge is 0.266 e. The lowest BCUT2D eigenvalue weighted by Gasteiger charge is -2.25. The first-order chi connectivity index (χ1) is 12.9. The quantitative estimate of drug-likeness (QED) is 0.754. The average molecular weight is 403 g/mol. The molecule has 0 aromatic heterocycles. The minimum Gasteiger partial charge on any atom is -0.421 e. The summed E-state index contributed by atoms with van der Waals surface area (Å²) < 4.78 is 32.5. The van der Waals surface area contributed by atoms with Gasteiger partial charge in [-0.2, -0.15) is 0 Å². The molecule has 2 aromatic rings. The molecule has 0 amide bonds. The summed E-state index contributed by atoms with van der Waals surface area (Å²) in [7, 11) is -2.38. The van der Waals surface area contributed by atoms with E-state index in [9.17, 15) is 8.42 Å². The maximum absolute atomic E-state index is 12.9. The van der Waals surface area contributed by atoms with Gasteiger partial charge >= 0.3 is 0 Å². The fourth-order valence-corrected chi connectivity index (χ4v) is 3.87. The Morgan fingerprint density at radius 3 is 2.41 bits per heavy atom. The normalized spacial score (nSPS) is 14.9. The molecule has 0 unspecified atom stereocenters. The van der Waals surface area contributed by atoms with Crippen molar-refractivity contribution in [1.82, 2.24) is 4.31 Å². The van der Waals surface area contributed by atoms with Gasteiger partial charge < -0.3 is 4.74 Å². The predicted octanol–water partition coefficient (Wildman–Crippen LogP) is 4.17. The summed E-state index contributed by atoms with van der Waals surface area (Å²) in [6.45, 7) is 2.05. The summed E-state index contributed by atoms with van der Waals surface area (Å²) in [5, 5.41) is 0.227. The van der Waals surface area contributed by atoms with Crippen LogP contribution in [0.1, 0.15) is 11.1 Å². The van der Waals surface area contributed by atoms with Crippen LogP contribution in [0.3, 0.4) is 0 Å². The average Bonchev–Trinajstić information content (AvgIpc) is 2.68. The molecule has 0 bridgehead atoms. The van der Waals surface area contributed by atoms with Gasteiger partial charge in [-0.3, -0.25) is 0 Å². The third-order valence-electron chi connectivity index (χ3n) is 3.99. The molecule has 0 aliphatic carbocycles. The van der Waals surface area contributed by atoms with Crippen molar-refractivity contribution in [1.29, 1.82) is 0 Å². The second-order valence-electron chi connectivity index (χ2n) is 6.00. The van der Waals surface area contributed by atoms with E-state index in [1.54, 1.807) is 30.3 Å². The van der Waals surface area contributed by atoms with Crippen molar-refractivity contribution < 1.29 is 13.2 Å². The second kappa shape index (κ2) is 7.98. The SMILES string of the molecule is Cc1ccc(S(=O)(=O)N(C)C2=C(Cl)CN=C(/C=C/c3ccccc3)O2)cc1. The van der Waals surface area contributed by atoms with Crippen LogP contribution in [0, 0.1) is 6.92 Å². The minimum absolute atomic E-state index is 0.0555. The van der Waals surface area contributed by atoms with Crippen molar-refractivity contribution in [3.05, 3.63) is 82.7 Å². The monoisotopic (exact) mass is 402 g/mol. The zero-order valence-corrected chi connectivity index (χ0v) is 16.5. The van der Waals surface area contributed by atoms with Gasteiger partial charge in [0.05, 0.1) is 11.4 Å². The predicted molar refractivity (Wildman–Crippen MR) is 108 cm³/mol. The molecule has 0 N–H and O–H groups in total. The molecule has 0 fully saturated rings. The fourth-order valence-electron chi connectivity index (χ4n) is 2.43. The molecule has 0 atom stereocenters. The number of hydrogen-bond acceptors (Lipinski definition) is 4. The highest BCUT2D eigenvalue weighted by Crippen LogP contribution is 2.26. The van der Waals surface area contributed by atoms with E-state index in [0.29, 0.717) is 5.90 Å². The van der Waals surface area contributed by atoms with Crippen LogP contribution in [0.5, 0.6) is 0 Å². The molecule has 0 saturated carbocycles. The molecule has 27 heavy (non-hydrogen) atoms. The Bertz CT molecular complexity index is 1010. The van der Waals surface area contributed by atoms with Crippen LogP contribution < -0.4 is 0 Å². The molecule has 0 spiro atoms. The van der Waals surface area contributed by atoms with E-state index in [4.69, 9.17) is 16.3 Å². The van der Waals surface area contributed by atoms with Gasteiger partial charge in [-0.15, -0.1) is 0 Å². The van der Waals surface area contributed by atoms with Crippen LogP contribution in [-0.4, -0.2) is 32.2 Å². The number of hydrogen-bond donors (Lipinski definition) is 0. The molecular formula is C20H19ClN2O3S. The number of ether oxygens (including phenoxy) is 1. The highest BCUT2D eigenvalue weighted by Gasteiger charge is 2.28. The zero-order valence-electron chi connectivity index (χ0n) is 15.0. The number of rotatable bonds is 5. The van der Waals surface area contributed by atoms with Crippen LogP contribution in [-0.2, 0) is 14.8 Å². The maximum atomic E-state index is 12.9. The molecular weight excluding hydrogens is 384 g/mol. The standard InChI is InChI=1S/C20H19ClN2O3S/c1-15-8-11-17(12-9-15)27(24,25)23(2)20-18(21)14-22-19(26-20)13-10-16-6-4-3-5-7-16/h3-13H,14H2,1-2H3/b13-10+. The van der Waals surface area contributed by atoms with E-state index in [2.05, 4.69) is 4.99 Å². The van der Waals surface area contributed by atoms with Crippen molar-refractivity contribution in [2.45, 2.75) is 11.8 Å². The van der Waals surface area contributed by atoms with Crippen molar-refractivity contribution in [2.24, 2.45) is 4.99 Å². The first kappa shape index (κ1) is 19.2. The number of aliphatic imine (C=N–C) groups is 1. The Hall–Kier alpha value is -2.57. The number of aryl methyl sites for hydroxylation is 1. The zero-order chi connectivity index (χ0) is 19.4. The number of benzene rings is 2. The highest BCUT2D eigenvalue weighted by molar-refractivity contribution is 7.89. The molecule has 2 aromatic carbocycles. The van der Waals surface area contributed by atoms with Gasteiger partial charge in [0.25, 0.3) is 10.0 Å². The van der Waals surface area contributed by atoms with Crippen LogP contribution >= 0.6 is 11.6 Å².